The molecule has 1 aliphatic heterocycles. The Kier molecular flexibility index (Phi) is 4.04. The molecule has 26 heavy (non-hydrogen) atoms. The fourth-order valence-electron chi connectivity index (χ4n) is 2.91. The van der Waals surface area contributed by atoms with E-state index >= 15 is 0 Å². The van der Waals surface area contributed by atoms with E-state index < -0.39 is 11.6 Å². The number of hydrogen-bond acceptors (Lipinski definition) is 4. The molecule has 0 bridgehead atoms. The molecule has 0 aliphatic carbocycles. The second kappa shape index (κ2) is 6.51. The Morgan fingerprint density at radius 1 is 1.04 bits per heavy atom. The first kappa shape index (κ1) is 16.1. The number of anilines is 3. The van der Waals surface area contributed by atoms with Gasteiger partial charge < -0.3 is 10.2 Å². The highest BCUT2D eigenvalue weighted by atomic mass is 19.2. The number of para-hydroxylation sites is 1. The summed E-state index contributed by atoms with van der Waals surface area (Å²) in [5.41, 5.74) is 2.72. The Morgan fingerprint density at radius 3 is 2.58 bits per heavy atom. The van der Waals surface area contributed by atoms with Gasteiger partial charge in [0.2, 0.25) is 5.95 Å². The largest absolute Gasteiger partial charge is 0.324 e. The molecular weight excluding hydrogens is 338 g/mol. The van der Waals surface area contributed by atoms with Crippen LogP contribution in [0.5, 0.6) is 0 Å². The lowest BCUT2D eigenvalue weighted by molar-refractivity contribution is 0.0988. The highest BCUT2D eigenvalue weighted by Crippen LogP contribution is 2.28. The first-order valence-corrected chi connectivity index (χ1v) is 8.06. The molecule has 1 amide bonds. The number of hydrogen-bond donors (Lipinski definition) is 1. The molecule has 0 atom stereocenters. The third-order valence-electron chi connectivity index (χ3n) is 4.21. The average Bonchev–Trinajstić information content (AvgIpc) is 3.09. The van der Waals surface area contributed by atoms with E-state index in [-0.39, 0.29) is 11.9 Å². The van der Waals surface area contributed by atoms with Crippen molar-refractivity contribution in [3.63, 3.8) is 0 Å². The molecule has 0 unspecified atom stereocenters. The quantitative estimate of drug-likeness (QED) is 0.781. The van der Waals surface area contributed by atoms with Crippen molar-refractivity contribution < 1.29 is 13.6 Å². The van der Waals surface area contributed by atoms with Crippen molar-refractivity contribution in [2.45, 2.75) is 6.42 Å². The van der Waals surface area contributed by atoms with E-state index in [4.69, 9.17) is 0 Å². The van der Waals surface area contributed by atoms with Gasteiger partial charge in [-0.3, -0.25) is 4.79 Å². The highest BCUT2D eigenvalue weighted by Gasteiger charge is 2.25. The maximum Gasteiger partial charge on any atom is 0.261 e. The number of fused-ring (bicyclic) bond motifs is 1. The summed E-state index contributed by atoms with van der Waals surface area (Å²) in [7, 11) is 0. The first-order valence-electron chi connectivity index (χ1n) is 8.06. The van der Waals surface area contributed by atoms with Crippen LogP contribution in [0.4, 0.5) is 26.1 Å². The normalized spacial score (nSPS) is 12.8. The molecule has 0 radical (unpaired) electrons. The van der Waals surface area contributed by atoms with Gasteiger partial charge in [-0.1, -0.05) is 18.2 Å². The molecule has 1 N–H and O–H groups in total. The number of amides is 1. The molecule has 5 nitrogen and oxygen atoms in total. The number of carbonyl (C=O) groups excluding carboxylic acids is 1. The van der Waals surface area contributed by atoms with Crippen LogP contribution in [-0.2, 0) is 6.42 Å². The zero-order valence-electron chi connectivity index (χ0n) is 13.6. The number of carbonyl (C=O) groups is 1. The Morgan fingerprint density at radius 2 is 1.81 bits per heavy atom. The minimum absolute atomic E-state index is 0.172. The van der Waals surface area contributed by atoms with Crippen molar-refractivity contribution in [2.24, 2.45) is 0 Å². The van der Waals surface area contributed by atoms with E-state index in [1.165, 1.54) is 18.5 Å². The van der Waals surface area contributed by atoms with Gasteiger partial charge in [0.05, 0.1) is 5.56 Å². The summed E-state index contributed by atoms with van der Waals surface area (Å²) >= 11 is 0. The van der Waals surface area contributed by atoms with E-state index in [9.17, 15) is 13.6 Å². The van der Waals surface area contributed by atoms with Crippen molar-refractivity contribution in [1.29, 1.82) is 0 Å². The number of halogens is 2. The molecule has 7 heteroatoms. The van der Waals surface area contributed by atoms with Gasteiger partial charge in [-0.25, -0.2) is 18.7 Å². The van der Waals surface area contributed by atoms with Gasteiger partial charge in [0, 0.05) is 36.4 Å². The van der Waals surface area contributed by atoms with Crippen molar-refractivity contribution in [3.8, 4) is 0 Å². The molecule has 2 heterocycles. The van der Waals surface area contributed by atoms with Crippen LogP contribution in [0.1, 0.15) is 15.9 Å². The van der Waals surface area contributed by atoms with Gasteiger partial charge in [0.1, 0.15) is 0 Å². The minimum atomic E-state index is -0.963. The van der Waals surface area contributed by atoms with Gasteiger partial charge in [0.15, 0.2) is 11.6 Å². The SMILES string of the molecule is O=C(c1cnc(Nc2ccc(F)c(F)c2)nc1)N1CCc2ccccc21. The standard InChI is InChI=1S/C19H14F2N4O/c20-15-6-5-14(9-16(15)21)24-19-22-10-13(11-23-19)18(26)25-8-7-12-3-1-2-4-17(12)25/h1-6,9-11H,7-8H2,(H,22,23,24). The summed E-state index contributed by atoms with van der Waals surface area (Å²) in [5, 5.41) is 2.77. The van der Waals surface area contributed by atoms with Crippen molar-refractivity contribution in [3.05, 3.63) is 77.6 Å². The molecule has 4 rings (SSSR count). The van der Waals surface area contributed by atoms with Crippen LogP contribution >= 0.6 is 0 Å². The Labute approximate surface area is 148 Å². The van der Waals surface area contributed by atoms with Crippen LogP contribution in [0.2, 0.25) is 0 Å². The van der Waals surface area contributed by atoms with E-state index in [2.05, 4.69) is 15.3 Å². The molecule has 3 aromatic rings. The fraction of sp³-hybridized carbons (Fsp3) is 0.105. The third-order valence-corrected chi connectivity index (χ3v) is 4.21. The average molecular weight is 352 g/mol. The van der Waals surface area contributed by atoms with Gasteiger partial charge in [-0.05, 0) is 30.2 Å². The predicted molar refractivity (Wildman–Crippen MR) is 93.5 cm³/mol. The number of nitrogens with one attached hydrogen (secondary N) is 1. The predicted octanol–water partition coefficient (Wildman–Crippen LogP) is 3.70. The van der Waals surface area contributed by atoms with Crippen molar-refractivity contribution in [1.82, 2.24) is 9.97 Å². The second-order valence-electron chi connectivity index (χ2n) is 5.88. The maximum absolute atomic E-state index is 13.2. The summed E-state index contributed by atoms with van der Waals surface area (Å²) in [5.74, 6) is -1.87. The topological polar surface area (TPSA) is 58.1 Å². The number of aromatic nitrogens is 2. The first-order chi connectivity index (χ1) is 12.6. The Balaban J connectivity index is 1.51. The monoisotopic (exact) mass is 352 g/mol. The molecule has 0 fully saturated rings. The minimum Gasteiger partial charge on any atom is -0.324 e. The Hall–Kier alpha value is -3.35. The molecule has 0 saturated heterocycles. The van der Waals surface area contributed by atoms with E-state index in [0.717, 1.165) is 29.8 Å². The van der Waals surface area contributed by atoms with Crippen LogP contribution in [0.25, 0.3) is 0 Å². The second-order valence-corrected chi connectivity index (χ2v) is 5.88. The highest BCUT2D eigenvalue weighted by molar-refractivity contribution is 6.07. The van der Waals surface area contributed by atoms with Crippen molar-refractivity contribution in [2.75, 3.05) is 16.8 Å². The van der Waals surface area contributed by atoms with Gasteiger partial charge in [-0.2, -0.15) is 0 Å². The number of nitrogens with zero attached hydrogens (tertiary/aromatic N) is 3. The Bertz CT molecular complexity index is 976. The number of benzene rings is 2. The molecule has 0 spiro atoms. The van der Waals surface area contributed by atoms with Gasteiger partial charge in [-0.15, -0.1) is 0 Å². The fourth-order valence-corrected chi connectivity index (χ4v) is 2.91. The zero-order chi connectivity index (χ0) is 18.1. The molecule has 2 aromatic carbocycles. The zero-order valence-corrected chi connectivity index (χ0v) is 13.6. The molecule has 130 valence electrons. The summed E-state index contributed by atoms with van der Waals surface area (Å²) in [4.78, 5) is 22.6. The van der Waals surface area contributed by atoms with Crippen LogP contribution in [0.3, 0.4) is 0 Å². The van der Waals surface area contributed by atoms with E-state index in [1.54, 1.807) is 4.90 Å². The summed E-state index contributed by atoms with van der Waals surface area (Å²) in [6.45, 7) is 0.618. The smallest absolute Gasteiger partial charge is 0.261 e. The van der Waals surface area contributed by atoms with E-state index in [1.807, 2.05) is 24.3 Å². The maximum atomic E-state index is 13.2. The third kappa shape index (κ3) is 2.99. The van der Waals surface area contributed by atoms with Crippen LogP contribution in [0.15, 0.2) is 54.9 Å². The van der Waals surface area contributed by atoms with Gasteiger partial charge >= 0.3 is 0 Å². The summed E-state index contributed by atoms with van der Waals surface area (Å²) < 4.78 is 26.2. The number of rotatable bonds is 3. The van der Waals surface area contributed by atoms with Crippen molar-refractivity contribution >= 4 is 23.2 Å². The molecule has 1 aromatic heterocycles. The molecule has 0 saturated carbocycles. The van der Waals surface area contributed by atoms with Crippen LogP contribution < -0.4 is 10.2 Å². The molecular formula is C19H14F2N4O. The van der Waals surface area contributed by atoms with E-state index in [0.29, 0.717) is 17.8 Å². The summed E-state index contributed by atoms with van der Waals surface area (Å²) in [6.07, 6.45) is 3.65. The van der Waals surface area contributed by atoms with Crippen LogP contribution in [0, 0.1) is 11.6 Å². The van der Waals surface area contributed by atoms with Gasteiger partial charge in [0.25, 0.3) is 5.91 Å². The lowest BCUT2D eigenvalue weighted by Crippen LogP contribution is -2.29. The van der Waals surface area contributed by atoms with Crippen LogP contribution in [-0.4, -0.2) is 22.4 Å². The summed E-state index contributed by atoms with van der Waals surface area (Å²) in [6, 6.07) is 11.2. The lowest BCUT2D eigenvalue weighted by Gasteiger charge is -2.17. The lowest BCUT2D eigenvalue weighted by atomic mass is 10.2. The molecule has 1 aliphatic rings.